The number of nitrogens with zero attached hydrogens (tertiary/aromatic N) is 2. The van der Waals surface area contributed by atoms with Gasteiger partial charge in [-0.15, -0.1) is 6.42 Å². The Bertz CT molecular complexity index is 1200. The molecule has 0 spiro atoms. The number of terminal acetylenes is 1. The van der Waals surface area contributed by atoms with Crippen molar-refractivity contribution < 1.29 is 29.1 Å². The second-order valence-electron chi connectivity index (χ2n) is 11.7. The number of amides is 1. The van der Waals surface area contributed by atoms with Crippen LogP contribution < -0.4 is 5.32 Å². The van der Waals surface area contributed by atoms with E-state index in [0.717, 1.165) is 16.9 Å². The molecule has 5 unspecified atom stereocenters. The topological polar surface area (TPSA) is 72.5 Å². The average Bonchev–Trinajstić information content (AvgIpc) is 3.29. The molecule has 1 aromatic carbocycles. The van der Waals surface area contributed by atoms with Gasteiger partial charge in [-0.1, -0.05) is 52.3 Å². The molecule has 244 valence electrons. The van der Waals surface area contributed by atoms with Crippen molar-refractivity contribution in [3.8, 4) is 12.3 Å². The van der Waals surface area contributed by atoms with Crippen molar-refractivity contribution in [2.45, 2.75) is 108 Å². The zero-order valence-corrected chi connectivity index (χ0v) is 29.1. The molecule has 0 aliphatic carbocycles. The Morgan fingerprint density at radius 2 is 2.02 bits per heavy atom. The smallest absolute Gasteiger partial charge is 0.259 e. The monoisotopic (exact) mass is 668 g/mol. The molecule has 3 rings (SSSR count). The van der Waals surface area contributed by atoms with Crippen molar-refractivity contribution in [2.24, 2.45) is 0 Å². The number of halogens is 1. The summed E-state index contributed by atoms with van der Waals surface area (Å²) in [5.41, 5.74) is 1.15. The SMILES string of the molecule is [2H]CC1OC(N2C=CC(=O)NC2=C)C(F)C1OP(OCCc1ccccc1SSC(C)(C)CCOCC#C)N(C(C)C)C(C)C. The Morgan fingerprint density at radius 3 is 2.68 bits per heavy atom. The molecule has 8 nitrogen and oxygen atoms in total. The summed E-state index contributed by atoms with van der Waals surface area (Å²) >= 11 is 0. The van der Waals surface area contributed by atoms with Gasteiger partial charge in [0, 0.05) is 42.0 Å². The van der Waals surface area contributed by atoms with E-state index in [1.54, 1.807) is 21.6 Å². The van der Waals surface area contributed by atoms with Crippen LogP contribution in [0.1, 0.15) is 61.8 Å². The zero-order valence-electron chi connectivity index (χ0n) is 27.5. The fraction of sp³-hybridized carbons (Fsp3) is 0.594. The highest BCUT2D eigenvalue weighted by Gasteiger charge is 2.49. The number of carbonyl (C=O) groups is 1. The second kappa shape index (κ2) is 17.3. The van der Waals surface area contributed by atoms with Gasteiger partial charge in [-0.25, -0.2) is 9.06 Å². The summed E-state index contributed by atoms with van der Waals surface area (Å²) in [6, 6.07) is 8.38. The summed E-state index contributed by atoms with van der Waals surface area (Å²) in [5.74, 6) is 2.37. The van der Waals surface area contributed by atoms with Crippen LogP contribution in [-0.2, 0) is 29.7 Å². The normalized spacial score (nSPS) is 23.4. The summed E-state index contributed by atoms with van der Waals surface area (Å²) < 4.78 is 50.6. The molecule has 5 atom stereocenters. The van der Waals surface area contributed by atoms with Gasteiger partial charge in [-0.05, 0) is 72.9 Å². The predicted octanol–water partition coefficient (Wildman–Crippen LogP) is 7.04. The number of alkyl halides is 1. The van der Waals surface area contributed by atoms with E-state index in [-0.39, 0.29) is 35.5 Å². The van der Waals surface area contributed by atoms with Crippen molar-refractivity contribution in [3.05, 3.63) is 54.5 Å². The number of carbonyl (C=O) groups excluding carboxylic acids is 1. The van der Waals surface area contributed by atoms with Crippen LogP contribution in [0.4, 0.5) is 4.39 Å². The van der Waals surface area contributed by atoms with Gasteiger partial charge in [-0.2, -0.15) is 0 Å². The van der Waals surface area contributed by atoms with E-state index >= 15 is 4.39 Å². The summed E-state index contributed by atoms with van der Waals surface area (Å²) in [5, 5.41) is 2.57. The number of hydrogen-bond donors (Lipinski definition) is 1. The van der Waals surface area contributed by atoms with Crippen molar-refractivity contribution in [2.75, 3.05) is 19.8 Å². The quantitative estimate of drug-likeness (QED) is 0.0815. The molecule has 1 amide bonds. The molecule has 2 heterocycles. The molecule has 0 saturated carbocycles. The molecule has 1 saturated heterocycles. The van der Waals surface area contributed by atoms with Crippen molar-refractivity contribution in [1.82, 2.24) is 14.9 Å². The van der Waals surface area contributed by atoms with E-state index in [1.165, 1.54) is 17.2 Å². The van der Waals surface area contributed by atoms with E-state index in [9.17, 15) is 4.79 Å². The third kappa shape index (κ3) is 10.5. The molecule has 12 heteroatoms. The highest BCUT2D eigenvalue weighted by molar-refractivity contribution is 8.77. The first kappa shape index (κ1) is 35.2. The Hall–Kier alpha value is -1.61. The molecular formula is C32H47FN3O5PS2. The number of rotatable bonds is 17. The number of nitrogens with one attached hydrogen (secondary N) is 1. The van der Waals surface area contributed by atoms with Crippen LogP contribution >= 0.6 is 30.1 Å². The summed E-state index contributed by atoms with van der Waals surface area (Å²) in [7, 11) is 1.82. The standard InChI is InChI=1S/C32H47FN3O5PS2/c1-10-19-38-21-17-32(8,9)44-43-27-14-12-11-13-26(27)16-20-39-42(36(22(2)3)23(4)5)41-30-24(6)40-31(29(30)33)35-18-15-28(37)34-25(35)7/h1,11-15,18,22-24,29-31H,7,16-17,19-21H2,2-6,8-9H3,(H,34,37)/i6D. The maximum absolute atomic E-state index is 16.1. The van der Waals surface area contributed by atoms with E-state index in [1.807, 2.05) is 12.1 Å². The summed E-state index contributed by atoms with van der Waals surface area (Å²) in [6.07, 6.45) is 4.96. The Labute approximate surface area is 273 Å². The average molecular weight is 669 g/mol. The number of benzene rings is 1. The molecule has 0 bridgehead atoms. The first-order valence-electron chi connectivity index (χ1n) is 15.5. The van der Waals surface area contributed by atoms with Gasteiger partial charge in [0.25, 0.3) is 14.4 Å². The molecule has 0 aromatic heterocycles. The Balaban J connectivity index is 1.70. The van der Waals surface area contributed by atoms with Gasteiger partial charge < -0.3 is 28.7 Å². The predicted molar refractivity (Wildman–Crippen MR) is 179 cm³/mol. The van der Waals surface area contributed by atoms with E-state index < -0.39 is 33.1 Å². The molecular weight excluding hydrogens is 620 g/mol. The third-order valence-electron chi connectivity index (χ3n) is 6.90. The largest absolute Gasteiger partial charge is 0.369 e. The van der Waals surface area contributed by atoms with Crippen molar-refractivity contribution >= 4 is 36.0 Å². The number of hydrogen-bond acceptors (Lipinski definition) is 9. The van der Waals surface area contributed by atoms with E-state index in [4.69, 9.17) is 26.3 Å². The zero-order chi connectivity index (χ0) is 33.1. The first-order valence-corrected chi connectivity index (χ1v) is 18.0. The maximum atomic E-state index is 16.1. The van der Waals surface area contributed by atoms with Crippen molar-refractivity contribution in [1.29, 1.82) is 0 Å². The Morgan fingerprint density at radius 1 is 1.30 bits per heavy atom. The first-order chi connectivity index (χ1) is 21.4. The molecule has 2 aliphatic heterocycles. The van der Waals surface area contributed by atoms with Crippen LogP contribution in [0, 0.1) is 12.3 Å². The fourth-order valence-electron chi connectivity index (χ4n) is 4.67. The summed E-state index contributed by atoms with van der Waals surface area (Å²) in [6.45, 7) is 17.5. The van der Waals surface area contributed by atoms with Gasteiger partial charge in [-0.3, -0.25) is 4.79 Å². The molecule has 2 aliphatic rings. The lowest BCUT2D eigenvalue weighted by Gasteiger charge is -2.37. The van der Waals surface area contributed by atoms with Gasteiger partial charge in [0.1, 0.15) is 18.5 Å². The van der Waals surface area contributed by atoms with Crippen LogP contribution in [0.25, 0.3) is 0 Å². The lowest BCUT2D eigenvalue weighted by Crippen LogP contribution is -2.45. The molecule has 1 N–H and O–H groups in total. The minimum Gasteiger partial charge on any atom is -0.369 e. The van der Waals surface area contributed by atoms with Gasteiger partial charge >= 0.3 is 0 Å². The van der Waals surface area contributed by atoms with Gasteiger partial charge in [0.05, 0.1) is 12.7 Å². The summed E-state index contributed by atoms with van der Waals surface area (Å²) in [4.78, 5) is 14.3. The highest BCUT2D eigenvalue weighted by Crippen LogP contribution is 2.50. The molecule has 0 radical (unpaired) electrons. The molecule has 1 aromatic rings. The van der Waals surface area contributed by atoms with E-state index in [2.05, 4.69) is 76.2 Å². The molecule has 1 fully saturated rings. The van der Waals surface area contributed by atoms with Gasteiger partial charge in [0.15, 0.2) is 12.4 Å². The van der Waals surface area contributed by atoms with Crippen LogP contribution in [0.15, 0.2) is 53.8 Å². The lowest BCUT2D eigenvalue weighted by atomic mass is 10.1. The van der Waals surface area contributed by atoms with Crippen LogP contribution in [-0.4, -0.2) is 76.7 Å². The van der Waals surface area contributed by atoms with Crippen LogP contribution in [0.5, 0.6) is 0 Å². The maximum Gasteiger partial charge on any atom is 0.259 e. The Kier molecular flexibility index (Phi) is 13.9. The lowest BCUT2D eigenvalue weighted by molar-refractivity contribution is -0.117. The highest BCUT2D eigenvalue weighted by atomic mass is 33.1. The van der Waals surface area contributed by atoms with Crippen molar-refractivity contribution in [3.63, 3.8) is 0 Å². The minimum atomic E-state index is -1.71. The molecule has 44 heavy (non-hydrogen) atoms. The second-order valence-corrected chi connectivity index (χ2v) is 16.0. The van der Waals surface area contributed by atoms with Crippen LogP contribution in [0.3, 0.4) is 0 Å². The fourth-order valence-corrected chi connectivity index (χ4v) is 9.01. The number of ether oxygens (including phenoxy) is 2. The third-order valence-corrected chi connectivity index (χ3v) is 12.5. The van der Waals surface area contributed by atoms with Crippen LogP contribution in [0.2, 0.25) is 0 Å². The van der Waals surface area contributed by atoms with E-state index in [0.29, 0.717) is 26.2 Å². The van der Waals surface area contributed by atoms with Gasteiger partial charge in [0.2, 0.25) is 0 Å². The minimum absolute atomic E-state index is 0.0134.